The van der Waals surface area contributed by atoms with E-state index in [4.69, 9.17) is 0 Å². The lowest BCUT2D eigenvalue weighted by Gasteiger charge is -2.09. The zero-order chi connectivity index (χ0) is 8.81. The number of hydrogen-bond acceptors (Lipinski definition) is 1. The number of hydrogen-bond donors (Lipinski definition) is 1. The van der Waals surface area contributed by atoms with E-state index in [9.17, 15) is 4.79 Å². The summed E-state index contributed by atoms with van der Waals surface area (Å²) in [4.78, 5) is 10.1. The molecule has 1 aromatic rings. The van der Waals surface area contributed by atoms with Gasteiger partial charge in [0.15, 0.2) is 0 Å². The summed E-state index contributed by atoms with van der Waals surface area (Å²) in [5, 5.41) is 2.52. The first-order valence-electron chi connectivity index (χ1n) is 3.68. The Morgan fingerprint density at radius 2 is 2.08 bits per heavy atom. The molecule has 0 saturated heterocycles. The van der Waals surface area contributed by atoms with Gasteiger partial charge in [-0.05, 0) is 5.56 Å². The summed E-state index contributed by atoms with van der Waals surface area (Å²) in [6, 6.07) is 9.47. The van der Waals surface area contributed by atoms with E-state index in [1.54, 1.807) is 12.5 Å². The van der Waals surface area contributed by atoms with Gasteiger partial charge >= 0.3 is 6.41 Å². The van der Waals surface area contributed by atoms with Crippen LogP contribution in [0, 0.1) is 0 Å². The Morgan fingerprint density at radius 1 is 1.42 bits per heavy atom. The Hall–Kier alpha value is -1.57. The Labute approximate surface area is 71.9 Å². The highest BCUT2D eigenvalue weighted by atomic mass is 16.1. The van der Waals surface area contributed by atoms with E-state index in [1.807, 2.05) is 30.3 Å². The highest BCUT2D eigenvalue weighted by Gasteiger charge is 2.03. The number of carbonyl (C=O) groups excluding carboxylic acids is 1. The van der Waals surface area contributed by atoms with Crippen molar-refractivity contribution in [3.8, 4) is 0 Å². The molecule has 12 heavy (non-hydrogen) atoms. The lowest BCUT2D eigenvalue weighted by molar-refractivity contribution is 0.536. The van der Waals surface area contributed by atoms with E-state index < -0.39 is 0 Å². The maximum Gasteiger partial charge on any atom is 0.310 e. The van der Waals surface area contributed by atoms with Gasteiger partial charge in [-0.3, -0.25) is 4.79 Å². The smallest absolute Gasteiger partial charge is 0.310 e. The van der Waals surface area contributed by atoms with Crippen LogP contribution >= 0.6 is 0 Å². The monoisotopic (exact) mass is 162 g/mol. The number of amides is 1. The van der Waals surface area contributed by atoms with Gasteiger partial charge in [-0.15, -0.1) is 6.58 Å². The fourth-order valence-electron chi connectivity index (χ4n) is 1.00. The van der Waals surface area contributed by atoms with Gasteiger partial charge in [0.1, 0.15) is 0 Å². The van der Waals surface area contributed by atoms with Crippen molar-refractivity contribution in [1.29, 1.82) is 0 Å². The molecule has 0 fully saturated rings. The highest BCUT2D eigenvalue weighted by molar-refractivity contribution is 5.49. The summed E-state index contributed by atoms with van der Waals surface area (Å²) in [7, 11) is 0. The minimum absolute atomic E-state index is 0.135. The molecule has 1 unspecified atom stereocenters. The third-order valence-electron chi connectivity index (χ3n) is 1.61. The average Bonchev–Trinajstić information content (AvgIpc) is 2.15. The van der Waals surface area contributed by atoms with Crippen LogP contribution in [0.4, 0.5) is 0 Å². The van der Waals surface area contributed by atoms with Gasteiger partial charge in [-0.1, -0.05) is 36.4 Å². The van der Waals surface area contributed by atoms with Crippen molar-refractivity contribution in [3.05, 3.63) is 48.6 Å². The van der Waals surface area contributed by atoms with Crippen molar-refractivity contribution in [2.45, 2.75) is 6.04 Å². The zero-order valence-electron chi connectivity index (χ0n) is 6.66. The average molecular weight is 162 g/mol. The van der Waals surface area contributed by atoms with E-state index in [0.29, 0.717) is 0 Å². The fraction of sp³-hybridized carbons (Fsp3) is 0.100. The minimum Gasteiger partial charge on any atom is -0.338 e. The van der Waals surface area contributed by atoms with E-state index in [1.165, 1.54) is 0 Å². The normalized spacial score (nSPS) is 11.7. The van der Waals surface area contributed by atoms with Crippen LogP contribution in [-0.4, -0.2) is 6.41 Å². The van der Waals surface area contributed by atoms with Crippen molar-refractivity contribution < 1.29 is 4.79 Å². The fourth-order valence-corrected chi connectivity index (χ4v) is 1.00. The number of rotatable bonds is 4. The van der Waals surface area contributed by atoms with Crippen LogP contribution in [0.2, 0.25) is 0 Å². The van der Waals surface area contributed by atoms with Crippen molar-refractivity contribution in [2.24, 2.45) is 0 Å². The zero-order valence-corrected chi connectivity index (χ0v) is 6.66. The summed E-state index contributed by atoms with van der Waals surface area (Å²) >= 11 is 0. The molecule has 2 nitrogen and oxygen atoms in total. The second kappa shape index (κ2) is 4.34. The molecule has 1 rings (SSSR count). The molecule has 61 valence electrons. The topological polar surface area (TPSA) is 29.1 Å². The minimum atomic E-state index is -0.135. The Kier molecular flexibility index (Phi) is 3.08. The number of benzene rings is 1. The first-order chi connectivity index (χ1) is 5.88. The third kappa shape index (κ3) is 1.95. The van der Waals surface area contributed by atoms with Crippen LogP contribution in [0.25, 0.3) is 0 Å². The molecule has 0 saturated carbocycles. The lowest BCUT2D eigenvalue weighted by atomic mass is 10.4. The van der Waals surface area contributed by atoms with Gasteiger partial charge < -0.3 is 5.32 Å². The van der Waals surface area contributed by atoms with Crippen LogP contribution < -0.4 is 5.32 Å². The van der Waals surface area contributed by atoms with Gasteiger partial charge in [-0.2, -0.15) is 0 Å². The quantitative estimate of drug-likeness (QED) is 0.528. The lowest BCUT2D eigenvalue weighted by Crippen LogP contribution is -2.16. The SMILES string of the molecule is C=CC(N[C]=O)[14c]1ccccc1. The molecule has 0 aromatic heterocycles. The van der Waals surface area contributed by atoms with E-state index in [2.05, 4.69) is 11.9 Å². The molecule has 0 aliphatic rings. The van der Waals surface area contributed by atoms with Gasteiger partial charge in [-0.25, -0.2) is 0 Å². The van der Waals surface area contributed by atoms with Crippen LogP contribution in [0.3, 0.4) is 0 Å². The third-order valence-corrected chi connectivity index (χ3v) is 1.61. The molecule has 1 radical (unpaired) electrons. The second-order valence-corrected chi connectivity index (χ2v) is 2.37. The molecule has 1 amide bonds. The molecule has 0 bridgehead atoms. The maximum atomic E-state index is 10.1. The summed E-state index contributed by atoms with van der Waals surface area (Å²) in [6.45, 7) is 3.61. The van der Waals surface area contributed by atoms with Gasteiger partial charge in [0.2, 0.25) is 0 Å². The van der Waals surface area contributed by atoms with Gasteiger partial charge in [0, 0.05) is 0 Å². The predicted octanol–water partition coefficient (Wildman–Crippen LogP) is 1.57. The standard InChI is InChI=1S/C10H10NO/c1-2-10(11-8-12)9-6-4-3-5-7-9/h2-7,10H,1H2,(H,11,12)/i9+2. The molecule has 2 heteroatoms. The van der Waals surface area contributed by atoms with Crippen LogP contribution in [0.1, 0.15) is 11.6 Å². The first-order valence-corrected chi connectivity index (χ1v) is 3.68. The summed E-state index contributed by atoms with van der Waals surface area (Å²) < 4.78 is 0. The van der Waals surface area contributed by atoms with E-state index >= 15 is 0 Å². The van der Waals surface area contributed by atoms with Crippen LogP contribution in [-0.2, 0) is 4.79 Å². The molecule has 0 aliphatic heterocycles. The second-order valence-electron chi connectivity index (χ2n) is 2.37. The van der Waals surface area contributed by atoms with Gasteiger partial charge in [0.25, 0.3) is 0 Å². The first kappa shape index (κ1) is 8.53. The van der Waals surface area contributed by atoms with Crippen molar-refractivity contribution in [1.82, 2.24) is 5.32 Å². The van der Waals surface area contributed by atoms with Gasteiger partial charge in [0.05, 0.1) is 6.04 Å². The van der Waals surface area contributed by atoms with Crippen molar-refractivity contribution in [3.63, 3.8) is 0 Å². The van der Waals surface area contributed by atoms with Crippen molar-refractivity contribution >= 4 is 6.41 Å². The molecule has 1 N–H and O–H groups in total. The summed E-state index contributed by atoms with van der Waals surface area (Å²) in [5.74, 6) is 0. The maximum absolute atomic E-state index is 10.1. The highest BCUT2D eigenvalue weighted by Crippen LogP contribution is 2.11. The molecule has 0 heterocycles. The Morgan fingerprint density at radius 3 is 2.58 bits per heavy atom. The van der Waals surface area contributed by atoms with E-state index in [0.717, 1.165) is 5.56 Å². The van der Waals surface area contributed by atoms with Crippen LogP contribution in [0.15, 0.2) is 43.0 Å². The largest absolute Gasteiger partial charge is 0.338 e. The van der Waals surface area contributed by atoms with Crippen LogP contribution in [0.5, 0.6) is 0 Å². The molecule has 1 atom stereocenters. The molecule has 1 aromatic carbocycles. The summed E-state index contributed by atoms with van der Waals surface area (Å²) in [6.07, 6.45) is 3.31. The molecular formula is C10H10NO. The summed E-state index contributed by atoms with van der Waals surface area (Å²) in [5.41, 5.74) is 1.01. The predicted molar refractivity (Wildman–Crippen MR) is 48.2 cm³/mol. The molecular weight excluding hydrogens is 152 g/mol. The molecule has 0 aliphatic carbocycles. The van der Waals surface area contributed by atoms with E-state index in [-0.39, 0.29) is 6.04 Å². The Balaban J connectivity index is 2.79. The Bertz CT molecular complexity index is 256. The number of nitrogens with one attached hydrogen (secondary N) is 1. The van der Waals surface area contributed by atoms with Crippen molar-refractivity contribution in [2.75, 3.05) is 0 Å². The molecule has 0 spiro atoms.